The molecule has 0 heterocycles. The summed E-state index contributed by atoms with van der Waals surface area (Å²) in [5.41, 5.74) is 1.13. The minimum Gasteiger partial charge on any atom is -0.383 e. The summed E-state index contributed by atoms with van der Waals surface area (Å²) in [6.07, 6.45) is 1.01. The van der Waals surface area contributed by atoms with Crippen molar-refractivity contribution in [1.29, 1.82) is 0 Å². The topological polar surface area (TPSA) is 21.3 Å². The lowest BCUT2D eigenvalue weighted by atomic mass is 9.95. The van der Waals surface area contributed by atoms with Crippen molar-refractivity contribution in [1.82, 2.24) is 5.32 Å². The largest absolute Gasteiger partial charge is 0.383 e. The van der Waals surface area contributed by atoms with Gasteiger partial charge in [0.25, 0.3) is 0 Å². The van der Waals surface area contributed by atoms with Gasteiger partial charge >= 0.3 is 0 Å². The maximum absolute atomic E-state index is 13.0. The Hall–Kier alpha value is -0.930. The number of ether oxygens (including phenoxy) is 1. The second-order valence-corrected chi connectivity index (χ2v) is 5.00. The molecule has 0 spiro atoms. The zero-order valence-electron chi connectivity index (χ0n) is 11.7. The van der Waals surface area contributed by atoms with Gasteiger partial charge in [0.1, 0.15) is 5.82 Å². The van der Waals surface area contributed by atoms with Crippen LogP contribution in [0.1, 0.15) is 38.8 Å². The summed E-state index contributed by atoms with van der Waals surface area (Å²) in [4.78, 5) is 0. The summed E-state index contributed by atoms with van der Waals surface area (Å²) in [5.74, 6) is 0.256. The fourth-order valence-electron chi connectivity index (χ4n) is 2.08. The standard InChI is InChI=1S/C15H24FNO/c1-5-14(10-18-4)17-15(11(2)3)12-6-8-13(16)9-7-12/h6-9,11,14-15,17H,5,10H2,1-4H3. The van der Waals surface area contributed by atoms with Gasteiger partial charge in [0.2, 0.25) is 0 Å². The molecule has 1 rings (SSSR count). The van der Waals surface area contributed by atoms with Gasteiger partial charge < -0.3 is 10.1 Å². The van der Waals surface area contributed by atoms with Gasteiger partial charge in [-0.15, -0.1) is 0 Å². The zero-order chi connectivity index (χ0) is 13.5. The summed E-state index contributed by atoms with van der Waals surface area (Å²) in [6, 6.07) is 7.30. The normalized spacial score (nSPS) is 14.8. The van der Waals surface area contributed by atoms with E-state index in [-0.39, 0.29) is 11.9 Å². The minimum absolute atomic E-state index is 0.190. The number of hydrogen-bond acceptors (Lipinski definition) is 2. The molecule has 0 radical (unpaired) electrons. The van der Waals surface area contributed by atoms with E-state index in [0.29, 0.717) is 18.6 Å². The molecule has 0 fully saturated rings. The molecule has 1 aromatic carbocycles. The molecule has 1 N–H and O–H groups in total. The molecular formula is C15H24FNO. The van der Waals surface area contributed by atoms with Crippen LogP contribution in [-0.2, 0) is 4.74 Å². The Bertz CT molecular complexity index is 337. The number of methoxy groups -OCH3 is 1. The molecule has 2 unspecified atom stereocenters. The number of hydrogen-bond donors (Lipinski definition) is 1. The quantitative estimate of drug-likeness (QED) is 0.802. The van der Waals surface area contributed by atoms with Crippen LogP contribution in [0.4, 0.5) is 4.39 Å². The van der Waals surface area contributed by atoms with Crippen LogP contribution in [0.3, 0.4) is 0 Å². The van der Waals surface area contributed by atoms with Crippen molar-refractivity contribution in [3.8, 4) is 0 Å². The van der Waals surface area contributed by atoms with Crippen LogP contribution in [0.2, 0.25) is 0 Å². The van der Waals surface area contributed by atoms with Crippen LogP contribution in [-0.4, -0.2) is 19.8 Å². The number of benzene rings is 1. The molecule has 102 valence electrons. The highest BCUT2D eigenvalue weighted by Gasteiger charge is 2.19. The summed E-state index contributed by atoms with van der Waals surface area (Å²) in [5, 5.41) is 3.59. The van der Waals surface area contributed by atoms with E-state index in [2.05, 4.69) is 26.1 Å². The van der Waals surface area contributed by atoms with Crippen LogP contribution >= 0.6 is 0 Å². The molecule has 0 saturated carbocycles. The van der Waals surface area contributed by atoms with Crippen molar-refractivity contribution in [2.75, 3.05) is 13.7 Å². The SMILES string of the molecule is CCC(COC)NC(c1ccc(F)cc1)C(C)C. The Kier molecular flexibility index (Phi) is 6.30. The Morgan fingerprint density at radius 2 is 1.83 bits per heavy atom. The second kappa shape index (κ2) is 7.49. The van der Waals surface area contributed by atoms with Crippen molar-refractivity contribution in [3.05, 3.63) is 35.6 Å². The Balaban J connectivity index is 2.79. The van der Waals surface area contributed by atoms with Gasteiger partial charge in [-0.05, 0) is 30.0 Å². The van der Waals surface area contributed by atoms with Crippen molar-refractivity contribution in [3.63, 3.8) is 0 Å². The lowest BCUT2D eigenvalue weighted by Gasteiger charge is -2.28. The Morgan fingerprint density at radius 3 is 2.28 bits per heavy atom. The van der Waals surface area contributed by atoms with Crippen LogP contribution in [0.25, 0.3) is 0 Å². The van der Waals surface area contributed by atoms with Gasteiger partial charge in [0, 0.05) is 19.2 Å². The van der Waals surface area contributed by atoms with Gasteiger partial charge in [0.15, 0.2) is 0 Å². The highest BCUT2D eigenvalue weighted by molar-refractivity contribution is 5.20. The van der Waals surface area contributed by atoms with Crippen molar-refractivity contribution in [2.45, 2.75) is 39.3 Å². The molecule has 2 nitrogen and oxygen atoms in total. The van der Waals surface area contributed by atoms with E-state index in [4.69, 9.17) is 4.74 Å². The molecular weight excluding hydrogens is 229 g/mol. The van der Waals surface area contributed by atoms with Gasteiger partial charge in [-0.3, -0.25) is 0 Å². The lowest BCUT2D eigenvalue weighted by Crippen LogP contribution is -2.38. The van der Waals surface area contributed by atoms with Crippen LogP contribution in [0, 0.1) is 11.7 Å². The average molecular weight is 253 g/mol. The molecule has 0 amide bonds. The fraction of sp³-hybridized carbons (Fsp3) is 0.600. The summed E-state index contributed by atoms with van der Waals surface area (Å²) >= 11 is 0. The van der Waals surface area contributed by atoms with E-state index in [1.54, 1.807) is 7.11 Å². The Morgan fingerprint density at radius 1 is 1.22 bits per heavy atom. The molecule has 2 atom stereocenters. The molecule has 0 saturated heterocycles. The molecule has 0 aliphatic carbocycles. The predicted molar refractivity (Wildman–Crippen MR) is 73.1 cm³/mol. The van der Waals surface area contributed by atoms with E-state index >= 15 is 0 Å². The lowest BCUT2D eigenvalue weighted by molar-refractivity contribution is 0.153. The van der Waals surface area contributed by atoms with Gasteiger partial charge in [-0.25, -0.2) is 4.39 Å². The van der Waals surface area contributed by atoms with E-state index < -0.39 is 0 Å². The summed E-state index contributed by atoms with van der Waals surface area (Å²) in [6.45, 7) is 7.17. The van der Waals surface area contributed by atoms with E-state index in [1.165, 1.54) is 12.1 Å². The van der Waals surface area contributed by atoms with Crippen LogP contribution < -0.4 is 5.32 Å². The van der Waals surface area contributed by atoms with E-state index in [9.17, 15) is 4.39 Å². The van der Waals surface area contributed by atoms with Gasteiger partial charge in [-0.1, -0.05) is 32.9 Å². The second-order valence-electron chi connectivity index (χ2n) is 5.00. The number of rotatable bonds is 7. The maximum atomic E-state index is 13.0. The van der Waals surface area contributed by atoms with Crippen molar-refractivity contribution >= 4 is 0 Å². The molecule has 0 bridgehead atoms. The number of halogens is 1. The molecule has 0 aliphatic heterocycles. The number of nitrogens with one attached hydrogen (secondary N) is 1. The van der Waals surface area contributed by atoms with Gasteiger partial charge in [-0.2, -0.15) is 0 Å². The van der Waals surface area contributed by atoms with E-state index in [0.717, 1.165) is 12.0 Å². The first-order valence-electron chi connectivity index (χ1n) is 6.58. The third-order valence-electron chi connectivity index (χ3n) is 3.17. The molecule has 18 heavy (non-hydrogen) atoms. The predicted octanol–water partition coefficient (Wildman–Crippen LogP) is 3.54. The van der Waals surface area contributed by atoms with Gasteiger partial charge in [0.05, 0.1) is 6.61 Å². The summed E-state index contributed by atoms with van der Waals surface area (Å²) in [7, 11) is 1.71. The fourth-order valence-corrected chi connectivity index (χ4v) is 2.08. The zero-order valence-corrected chi connectivity index (χ0v) is 11.7. The molecule has 3 heteroatoms. The maximum Gasteiger partial charge on any atom is 0.123 e. The third kappa shape index (κ3) is 4.39. The first-order chi connectivity index (χ1) is 8.58. The van der Waals surface area contributed by atoms with E-state index in [1.807, 2.05) is 12.1 Å². The first-order valence-corrected chi connectivity index (χ1v) is 6.58. The summed E-state index contributed by atoms with van der Waals surface area (Å²) < 4.78 is 18.2. The Labute approximate surface area is 110 Å². The van der Waals surface area contributed by atoms with Crippen LogP contribution in [0.5, 0.6) is 0 Å². The highest BCUT2D eigenvalue weighted by Crippen LogP contribution is 2.23. The average Bonchev–Trinajstić information content (AvgIpc) is 2.35. The molecule has 1 aromatic rings. The third-order valence-corrected chi connectivity index (χ3v) is 3.17. The van der Waals surface area contributed by atoms with Crippen molar-refractivity contribution in [2.24, 2.45) is 5.92 Å². The smallest absolute Gasteiger partial charge is 0.123 e. The van der Waals surface area contributed by atoms with Crippen molar-refractivity contribution < 1.29 is 9.13 Å². The molecule has 0 aliphatic rings. The highest BCUT2D eigenvalue weighted by atomic mass is 19.1. The van der Waals surface area contributed by atoms with Crippen LogP contribution in [0.15, 0.2) is 24.3 Å². The monoisotopic (exact) mass is 253 g/mol. The minimum atomic E-state index is -0.190. The molecule has 0 aromatic heterocycles. The first kappa shape index (κ1) is 15.1.